The molecule has 2 amide bonds. The van der Waals surface area contributed by atoms with Crippen molar-refractivity contribution in [2.45, 2.75) is 38.5 Å². The molecule has 0 saturated heterocycles. The number of nitrogens with one attached hydrogen (secondary N) is 1. The summed E-state index contributed by atoms with van der Waals surface area (Å²) in [6.45, 7) is 2.17. The summed E-state index contributed by atoms with van der Waals surface area (Å²) in [6.07, 6.45) is 9.72. The average Bonchev–Trinajstić information content (AvgIpc) is 3.18. The quantitative estimate of drug-likeness (QED) is 0.723. The van der Waals surface area contributed by atoms with Crippen LogP contribution in [0.2, 0.25) is 0 Å². The number of amides is 2. The van der Waals surface area contributed by atoms with Crippen LogP contribution in [0.1, 0.15) is 59.5 Å². The zero-order chi connectivity index (χ0) is 22.5. The third kappa shape index (κ3) is 4.03. The van der Waals surface area contributed by atoms with Crippen LogP contribution in [-0.4, -0.2) is 71.8 Å². The van der Waals surface area contributed by atoms with Crippen LogP contribution in [0, 0.1) is 23.2 Å². The Morgan fingerprint density at radius 3 is 2.34 bits per heavy atom. The van der Waals surface area contributed by atoms with Crippen molar-refractivity contribution in [2.24, 2.45) is 23.2 Å². The van der Waals surface area contributed by atoms with Crippen molar-refractivity contribution in [1.82, 2.24) is 24.5 Å². The Kier molecular flexibility index (Phi) is 5.48. The van der Waals surface area contributed by atoms with Gasteiger partial charge in [-0.05, 0) is 87.9 Å². The highest BCUT2D eigenvalue weighted by molar-refractivity contribution is 5.95. The molecule has 4 bridgehead atoms. The number of rotatable bonds is 7. The van der Waals surface area contributed by atoms with E-state index in [9.17, 15) is 9.59 Å². The van der Waals surface area contributed by atoms with E-state index in [1.54, 1.807) is 22.5 Å². The number of hydrogen-bond acceptors (Lipinski definition) is 4. The van der Waals surface area contributed by atoms with Gasteiger partial charge in [0.1, 0.15) is 17.0 Å². The molecular weight excluding hydrogens is 402 g/mol. The molecule has 2 aromatic heterocycles. The lowest BCUT2D eigenvalue weighted by atomic mass is 9.49. The Morgan fingerprint density at radius 2 is 1.72 bits per heavy atom. The van der Waals surface area contributed by atoms with E-state index < -0.39 is 0 Å². The minimum Gasteiger partial charge on any atom is -0.350 e. The monoisotopic (exact) mass is 437 g/mol. The molecule has 0 aromatic carbocycles. The van der Waals surface area contributed by atoms with E-state index in [1.807, 2.05) is 37.2 Å². The van der Waals surface area contributed by atoms with E-state index in [-0.39, 0.29) is 11.8 Å². The van der Waals surface area contributed by atoms with Crippen LogP contribution in [0.25, 0.3) is 5.65 Å². The van der Waals surface area contributed by atoms with Crippen molar-refractivity contribution < 1.29 is 9.59 Å². The summed E-state index contributed by atoms with van der Waals surface area (Å²) in [7, 11) is 5.75. The van der Waals surface area contributed by atoms with Crippen LogP contribution in [0.5, 0.6) is 0 Å². The van der Waals surface area contributed by atoms with Gasteiger partial charge < -0.3 is 15.1 Å². The molecule has 0 unspecified atom stereocenters. The molecule has 6 rings (SSSR count). The van der Waals surface area contributed by atoms with Crippen molar-refractivity contribution in [3.05, 3.63) is 35.8 Å². The number of imidazole rings is 1. The standard InChI is InChI=1S/C25H35N5O2/c1-28(2)7-8-29(3)24(32)20-15-30-21(5-4-6-22(30)27-20)23(31)26-16-25-12-17-9-18(13-25)11-19(10-17)14-25/h4-6,15,17-19H,7-14,16H2,1-3H3,(H,26,31). The van der Waals surface area contributed by atoms with Crippen molar-refractivity contribution in [3.8, 4) is 0 Å². The van der Waals surface area contributed by atoms with Crippen LogP contribution >= 0.6 is 0 Å². The second-order valence-corrected chi connectivity index (χ2v) is 10.9. The molecule has 2 aromatic rings. The third-order valence-corrected chi connectivity index (χ3v) is 7.96. The predicted molar refractivity (Wildman–Crippen MR) is 124 cm³/mol. The first-order valence-electron chi connectivity index (χ1n) is 12.0. The molecule has 4 aliphatic carbocycles. The van der Waals surface area contributed by atoms with Gasteiger partial charge in [0.25, 0.3) is 11.8 Å². The van der Waals surface area contributed by atoms with Gasteiger partial charge in [0.05, 0.1) is 0 Å². The van der Waals surface area contributed by atoms with Gasteiger partial charge in [-0.2, -0.15) is 0 Å². The summed E-state index contributed by atoms with van der Waals surface area (Å²) in [6, 6.07) is 5.49. The molecule has 4 aliphatic rings. The van der Waals surface area contributed by atoms with E-state index in [2.05, 4.69) is 10.3 Å². The normalized spacial score (nSPS) is 28.4. The van der Waals surface area contributed by atoms with Crippen molar-refractivity contribution in [2.75, 3.05) is 40.8 Å². The first kappa shape index (κ1) is 21.4. The molecule has 0 aliphatic heterocycles. The number of hydrogen-bond donors (Lipinski definition) is 1. The van der Waals surface area contributed by atoms with Gasteiger partial charge in [0, 0.05) is 32.9 Å². The average molecular weight is 438 g/mol. The molecule has 2 heterocycles. The lowest BCUT2D eigenvalue weighted by Gasteiger charge is -2.56. The number of carbonyl (C=O) groups is 2. The van der Waals surface area contributed by atoms with E-state index in [4.69, 9.17) is 0 Å². The number of pyridine rings is 1. The van der Waals surface area contributed by atoms with Crippen LogP contribution in [0.4, 0.5) is 0 Å². The second-order valence-electron chi connectivity index (χ2n) is 10.9. The Labute approximate surface area is 190 Å². The molecular formula is C25H35N5O2. The van der Waals surface area contributed by atoms with Crippen molar-refractivity contribution in [3.63, 3.8) is 0 Å². The van der Waals surface area contributed by atoms with Gasteiger partial charge in [-0.25, -0.2) is 4.98 Å². The first-order chi connectivity index (χ1) is 15.3. The second kappa shape index (κ2) is 8.18. The van der Waals surface area contributed by atoms with Gasteiger partial charge in [0.15, 0.2) is 0 Å². The third-order valence-electron chi connectivity index (χ3n) is 7.96. The summed E-state index contributed by atoms with van der Waals surface area (Å²) in [4.78, 5) is 34.2. The maximum absolute atomic E-state index is 13.2. The number of nitrogens with zero attached hydrogens (tertiary/aromatic N) is 4. The zero-order valence-electron chi connectivity index (χ0n) is 19.5. The molecule has 172 valence electrons. The molecule has 0 radical (unpaired) electrons. The predicted octanol–water partition coefficient (Wildman–Crippen LogP) is 2.91. The van der Waals surface area contributed by atoms with Gasteiger partial charge in [0.2, 0.25) is 0 Å². The lowest BCUT2D eigenvalue weighted by Crippen LogP contribution is -2.51. The van der Waals surface area contributed by atoms with Crippen LogP contribution in [-0.2, 0) is 0 Å². The Hall–Kier alpha value is -2.41. The fourth-order valence-electron chi connectivity index (χ4n) is 6.81. The Balaban J connectivity index is 1.30. The highest BCUT2D eigenvalue weighted by Gasteiger charge is 2.50. The van der Waals surface area contributed by atoms with E-state index in [0.29, 0.717) is 29.0 Å². The molecule has 7 heteroatoms. The molecule has 0 atom stereocenters. The molecule has 7 nitrogen and oxygen atoms in total. The summed E-state index contributed by atoms with van der Waals surface area (Å²) in [5.41, 5.74) is 1.82. The highest BCUT2D eigenvalue weighted by Crippen LogP contribution is 2.59. The summed E-state index contributed by atoms with van der Waals surface area (Å²) >= 11 is 0. The minimum atomic E-state index is -0.129. The van der Waals surface area contributed by atoms with Gasteiger partial charge >= 0.3 is 0 Å². The minimum absolute atomic E-state index is 0.0799. The first-order valence-corrected chi connectivity index (χ1v) is 12.0. The van der Waals surface area contributed by atoms with Gasteiger partial charge in [-0.1, -0.05) is 6.07 Å². The topological polar surface area (TPSA) is 70.0 Å². The molecule has 1 N–H and O–H groups in total. The maximum Gasteiger partial charge on any atom is 0.273 e. The van der Waals surface area contributed by atoms with Crippen LogP contribution < -0.4 is 5.32 Å². The molecule has 4 fully saturated rings. The summed E-state index contributed by atoms with van der Waals surface area (Å²) < 4.78 is 1.75. The fraction of sp³-hybridized carbons (Fsp3) is 0.640. The van der Waals surface area contributed by atoms with Crippen LogP contribution in [0.15, 0.2) is 24.4 Å². The Morgan fingerprint density at radius 1 is 1.06 bits per heavy atom. The SMILES string of the molecule is CN(C)CCN(C)C(=O)c1cn2c(C(=O)NCC34CC5CC(CC(C5)C3)C4)cccc2n1. The maximum atomic E-state index is 13.2. The molecule has 4 saturated carbocycles. The fourth-order valence-corrected chi connectivity index (χ4v) is 6.81. The zero-order valence-corrected chi connectivity index (χ0v) is 19.5. The largest absolute Gasteiger partial charge is 0.350 e. The number of fused-ring (bicyclic) bond motifs is 1. The van der Waals surface area contributed by atoms with Gasteiger partial charge in [-0.15, -0.1) is 0 Å². The van der Waals surface area contributed by atoms with Crippen LogP contribution in [0.3, 0.4) is 0 Å². The van der Waals surface area contributed by atoms with Gasteiger partial charge in [-0.3, -0.25) is 14.0 Å². The van der Waals surface area contributed by atoms with Crippen molar-refractivity contribution >= 4 is 17.5 Å². The smallest absolute Gasteiger partial charge is 0.273 e. The number of aromatic nitrogens is 2. The number of likely N-dealkylation sites (N-methyl/N-ethyl adjacent to an activating group) is 2. The molecule has 0 spiro atoms. The molecule has 32 heavy (non-hydrogen) atoms. The van der Waals surface area contributed by atoms with E-state index in [0.717, 1.165) is 30.8 Å². The summed E-state index contributed by atoms with van der Waals surface area (Å²) in [5, 5.41) is 3.25. The van der Waals surface area contributed by atoms with Crippen molar-refractivity contribution in [1.29, 1.82) is 0 Å². The highest BCUT2D eigenvalue weighted by atomic mass is 16.2. The Bertz CT molecular complexity index is 991. The lowest BCUT2D eigenvalue weighted by molar-refractivity contribution is -0.0503. The number of carbonyl (C=O) groups excluding carboxylic acids is 2. The van der Waals surface area contributed by atoms with E-state index >= 15 is 0 Å². The summed E-state index contributed by atoms with van der Waals surface area (Å²) in [5.74, 6) is 2.40. The van der Waals surface area contributed by atoms with E-state index in [1.165, 1.54) is 38.5 Å².